The number of hydrogen-bond acceptors (Lipinski definition) is 5. The highest BCUT2D eigenvalue weighted by Gasteiger charge is 2.15. The normalized spacial score (nSPS) is 11.1. The van der Waals surface area contributed by atoms with E-state index >= 15 is 0 Å². The Bertz CT molecular complexity index is 703. The van der Waals surface area contributed by atoms with Gasteiger partial charge in [-0.15, -0.1) is 0 Å². The Hall–Kier alpha value is -2.28. The lowest BCUT2D eigenvalue weighted by atomic mass is 10.2. The standard InChI is InChI=1S/C15H17N3O3S/c19-15(18-8-6-13-10-16-12-17-11-13)7-9-22(20,21)14-4-2-1-3-5-14/h1-5,10-12H,6-9H2,(H,18,19). The van der Waals surface area contributed by atoms with Gasteiger partial charge in [0.1, 0.15) is 6.33 Å². The molecule has 0 saturated heterocycles. The van der Waals surface area contributed by atoms with E-state index < -0.39 is 9.84 Å². The second-order valence-corrected chi connectivity index (χ2v) is 6.84. The highest BCUT2D eigenvalue weighted by Crippen LogP contribution is 2.10. The molecule has 0 saturated carbocycles. The maximum Gasteiger partial charge on any atom is 0.221 e. The van der Waals surface area contributed by atoms with Crippen LogP contribution >= 0.6 is 0 Å². The first-order valence-electron chi connectivity index (χ1n) is 6.86. The second-order valence-electron chi connectivity index (χ2n) is 4.73. The predicted octanol–water partition coefficient (Wildman–Crippen LogP) is 0.999. The van der Waals surface area contributed by atoms with Crippen LogP contribution in [-0.4, -0.2) is 36.6 Å². The Kier molecular flexibility index (Phi) is 5.60. The smallest absolute Gasteiger partial charge is 0.221 e. The van der Waals surface area contributed by atoms with E-state index in [-0.39, 0.29) is 23.0 Å². The zero-order chi connectivity index (χ0) is 15.8. The van der Waals surface area contributed by atoms with Crippen LogP contribution in [0.2, 0.25) is 0 Å². The van der Waals surface area contributed by atoms with Gasteiger partial charge in [-0.25, -0.2) is 18.4 Å². The van der Waals surface area contributed by atoms with Crippen LogP contribution in [0.25, 0.3) is 0 Å². The van der Waals surface area contributed by atoms with Gasteiger partial charge in [-0.2, -0.15) is 0 Å². The van der Waals surface area contributed by atoms with Gasteiger partial charge in [0.2, 0.25) is 5.91 Å². The summed E-state index contributed by atoms with van der Waals surface area (Å²) in [6.45, 7) is 0.428. The fourth-order valence-electron chi connectivity index (χ4n) is 1.87. The summed E-state index contributed by atoms with van der Waals surface area (Å²) in [4.78, 5) is 19.7. The molecule has 0 atom stereocenters. The van der Waals surface area contributed by atoms with Crippen molar-refractivity contribution in [2.75, 3.05) is 12.3 Å². The van der Waals surface area contributed by atoms with Crippen molar-refractivity contribution in [1.82, 2.24) is 15.3 Å². The zero-order valence-electron chi connectivity index (χ0n) is 12.0. The molecule has 2 aromatic rings. The third-order valence-corrected chi connectivity index (χ3v) is 4.78. The molecule has 0 fully saturated rings. The maximum absolute atomic E-state index is 12.0. The molecule has 7 heteroatoms. The lowest BCUT2D eigenvalue weighted by molar-refractivity contribution is -0.120. The number of benzene rings is 1. The van der Waals surface area contributed by atoms with Crippen molar-refractivity contribution >= 4 is 15.7 Å². The molecule has 1 N–H and O–H groups in total. The van der Waals surface area contributed by atoms with E-state index in [0.717, 1.165) is 5.56 Å². The number of nitrogens with zero attached hydrogens (tertiary/aromatic N) is 2. The fraction of sp³-hybridized carbons (Fsp3) is 0.267. The monoisotopic (exact) mass is 319 g/mol. The highest BCUT2D eigenvalue weighted by atomic mass is 32.2. The number of hydrogen-bond donors (Lipinski definition) is 1. The van der Waals surface area contributed by atoms with Gasteiger partial charge in [0.05, 0.1) is 10.6 Å². The Balaban J connectivity index is 1.76. The third kappa shape index (κ3) is 4.92. The molecular weight excluding hydrogens is 302 g/mol. The van der Waals surface area contributed by atoms with E-state index in [0.29, 0.717) is 13.0 Å². The first-order valence-corrected chi connectivity index (χ1v) is 8.51. The summed E-state index contributed by atoms with van der Waals surface area (Å²) >= 11 is 0. The number of carbonyl (C=O) groups excluding carboxylic acids is 1. The number of nitrogens with one attached hydrogen (secondary N) is 1. The van der Waals surface area contributed by atoms with Gasteiger partial charge in [0.15, 0.2) is 9.84 Å². The van der Waals surface area contributed by atoms with Gasteiger partial charge < -0.3 is 5.32 Å². The summed E-state index contributed by atoms with van der Waals surface area (Å²) in [5.41, 5.74) is 0.916. The minimum atomic E-state index is -3.41. The van der Waals surface area contributed by atoms with Crippen molar-refractivity contribution in [1.29, 1.82) is 0 Å². The minimum Gasteiger partial charge on any atom is -0.356 e. The van der Waals surface area contributed by atoms with Crippen LogP contribution in [0.15, 0.2) is 53.9 Å². The van der Waals surface area contributed by atoms with Crippen molar-refractivity contribution in [3.63, 3.8) is 0 Å². The Morgan fingerprint density at radius 2 is 1.77 bits per heavy atom. The molecular formula is C15H17N3O3S. The molecule has 0 aliphatic heterocycles. The first-order chi connectivity index (χ1) is 10.6. The van der Waals surface area contributed by atoms with Crippen LogP contribution in [-0.2, 0) is 21.1 Å². The van der Waals surface area contributed by atoms with Gasteiger partial charge in [0, 0.05) is 25.4 Å². The minimum absolute atomic E-state index is 0.0531. The van der Waals surface area contributed by atoms with Crippen LogP contribution in [0.1, 0.15) is 12.0 Å². The molecule has 0 aliphatic carbocycles. The van der Waals surface area contributed by atoms with Crippen LogP contribution in [0, 0.1) is 0 Å². The average Bonchev–Trinajstić information content (AvgIpc) is 2.55. The highest BCUT2D eigenvalue weighted by molar-refractivity contribution is 7.91. The van der Waals surface area contributed by atoms with Crippen molar-refractivity contribution in [3.05, 3.63) is 54.6 Å². The first kappa shape index (κ1) is 16.1. The Morgan fingerprint density at radius 1 is 1.09 bits per heavy atom. The molecule has 0 radical (unpaired) electrons. The lowest BCUT2D eigenvalue weighted by Crippen LogP contribution is -2.27. The van der Waals surface area contributed by atoms with E-state index in [4.69, 9.17) is 0 Å². The molecule has 22 heavy (non-hydrogen) atoms. The molecule has 1 heterocycles. The SMILES string of the molecule is O=C(CCS(=O)(=O)c1ccccc1)NCCc1cncnc1. The lowest BCUT2D eigenvalue weighted by Gasteiger charge is -2.06. The van der Waals surface area contributed by atoms with Crippen molar-refractivity contribution < 1.29 is 13.2 Å². The van der Waals surface area contributed by atoms with E-state index in [1.54, 1.807) is 30.6 Å². The van der Waals surface area contributed by atoms with Crippen LogP contribution in [0.5, 0.6) is 0 Å². The van der Waals surface area contributed by atoms with Crippen molar-refractivity contribution in [2.45, 2.75) is 17.7 Å². The molecule has 6 nitrogen and oxygen atoms in total. The fourth-order valence-corrected chi connectivity index (χ4v) is 3.13. The summed E-state index contributed by atoms with van der Waals surface area (Å²) in [6, 6.07) is 8.13. The molecule has 1 aromatic carbocycles. The van der Waals surface area contributed by atoms with Gasteiger partial charge in [-0.3, -0.25) is 4.79 Å². The number of aromatic nitrogens is 2. The van der Waals surface area contributed by atoms with Gasteiger partial charge >= 0.3 is 0 Å². The molecule has 0 spiro atoms. The molecule has 0 aliphatic rings. The van der Waals surface area contributed by atoms with Gasteiger partial charge in [-0.05, 0) is 24.1 Å². The molecule has 116 valence electrons. The molecule has 2 rings (SSSR count). The van der Waals surface area contributed by atoms with Gasteiger partial charge in [0.25, 0.3) is 0 Å². The van der Waals surface area contributed by atoms with Crippen LogP contribution < -0.4 is 5.32 Å². The Labute approximate surface area is 129 Å². The summed E-state index contributed by atoms with van der Waals surface area (Å²) in [5.74, 6) is -0.478. The van der Waals surface area contributed by atoms with E-state index in [9.17, 15) is 13.2 Å². The predicted molar refractivity (Wildman–Crippen MR) is 81.9 cm³/mol. The summed E-state index contributed by atoms with van der Waals surface area (Å²) in [6.07, 6.45) is 5.36. The maximum atomic E-state index is 12.0. The van der Waals surface area contributed by atoms with E-state index in [1.807, 2.05) is 0 Å². The average molecular weight is 319 g/mol. The number of sulfone groups is 1. The molecule has 1 aromatic heterocycles. The van der Waals surface area contributed by atoms with Gasteiger partial charge in [-0.1, -0.05) is 18.2 Å². The summed E-state index contributed by atoms with van der Waals surface area (Å²) < 4.78 is 24.1. The summed E-state index contributed by atoms with van der Waals surface area (Å²) in [7, 11) is -3.41. The van der Waals surface area contributed by atoms with E-state index in [1.165, 1.54) is 18.5 Å². The zero-order valence-corrected chi connectivity index (χ0v) is 12.8. The Morgan fingerprint density at radius 3 is 2.45 bits per heavy atom. The number of rotatable bonds is 7. The third-order valence-electron chi connectivity index (χ3n) is 3.05. The van der Waals surface area contributed by atoms with Crippen molar-refractivity contribution in [3.8, 4) is 0 Å². The van der Waals surface area contributed by atoms with E-state index in [2.05, 4.69) is 15.3 Å². The summed E-state index contributed by atoms with van der Waals surface area (Å²) in [5, 5.41) is 2.70. The molecule has 0 unspecified atom stereocenters. The topological polar surface area (TPSA) is 89.0 Å². The molecule has 1 amide bonds. The largest absolute Gasteiger partial charge is 0.356 e. The van der Waals surface area contributed by atoms with Crippen LogP contribution in [0.3, 0.4) is 0 Å². The van der Waals surface area contributed by atoms with Crippen molar-refractivity contribution in [2.24, 2.45) is 0 Å². The second kappa shape index (κ2) is 7.65. The van der Waals surface area contributed by atoms with Crippen LogP contribution in [0.4, 0.5) is 0 Å². The quantitative estimate of drug-likeness (QED) is 0.822. The molecule has 0 bridgehead atoms. The number of carbonyl (C=O) groups is 1. The number of amides is 1.